The lowest BCUT2D eigenvalue weighted by atomic mass is 10.1. The number of hydrogen-bond acceptors (Lipinski definition) is 2. The van der Waals surface area contributed by atoms with Crippen LogP contribution in [-0.4, -0.2) is 48.9 Å². The highest BCUT2D eigenvalue weighted by Crippen LogP contribution is 2.23. The van der Waals surface area contributed by atoms with Crippen LogP contribution < -0.4 is 0 Å². The van der Waals surface area contributed by atoms with E-state index in [1.54, 1.807) is 23.1 Å². The Balaban J connectivity index is 2.06. The lowest BCUT2D eigenvalue weighted by molar-refractivity contribution is 0.0760. The second kappa shape index (κ2) is 6.25. The second-order valence-electron chi connectivity index (χ2n) is 5.09. The topological polar surface area (TPSA) is 23.6 Å². The summed E-state index contributed by atoms with van der Waals surface area (Å²) in [6, 6.07) is 5.74. The van der Waals surface area contributed by atoms with Gasteiger partial charge < -0.3 is 9.80 Å². The highest BCUT2D eigenvalue weighted by atomic mass is 79.9. The van der Waals surface area contributed by atoms with Crippen LogP contribution in [0.15, 0.2) is 22.7 Å². The van der Waals surface area contributed by atoms with Crippen molar-refractivity contribution in [1.29, 1.82) is 0 Å². The molecular formula is C14H18BrClN2O. The summed E-state index contributed by atoms with van der Waals surface area (Å²) >= 11 is 9.29. The molecule has 19 heavy (non-hydrogen) atoms. The summed E-state index contributed by atoms with van der Waals surface area (Å²) < 4.78 is 0.747. The highest BCUT2D eigenvalue weighted by molar-refractivity contribution is 9.10. The predicted octanol–water partition coefficient (Wildman–Crippen LogP) is 3.27. The van der Waals surface area contributed by atoms with Crippen molar-refractivity contribution in [2.45, 2.75) is 18.9 Å². The maximum atomic E-state index is 12.4. The van der Waals surface area contributed by atoms with Crippen molar-refractivity contribution < 1.29 is 4.79 Å². The van der Waals surface area contributed by atoms with Crippen molar-refractivity contribution in [3.8, 4) is 0 Å². The van der Waals surface area contributed by atoms with E-state index in [-0.39, 0.29) is 5.91 Å². The molecule has 1 atom stereocenters. The van der Waals surface area contributed by atoms with E-state index in [1.165, 1.54) is 6.42 Å². The van der Waals surface area contributed by atoms with E-state index in [0.29, 0.717) is 16.6 Å². The third kappa shape index (κ3) is 3.50. The van der Waals surface area contributed by atoms with E-state index in [2.05, 4.69) is 27.9 Å². The van der Waals surface area contributed by atoms with Crippen LogP contribution in [0.25, 0.3) is 0 Å². The summed E-state index contributed by atoms with van der Waals surface area (Å²) in [7, 11) is 3.98. The highest BCUT2D eigenvalue weighted by Gasteiger charge is 2.24. The minimum absolute atomic E-state index is 0.0313. The third-order valence-corrected chi connectivity index (χ3v) is 4.56. The molecule has 0 radical (unpaired) electrons. The third-order valence-electron chi connectivity index (χ3n) is 3.66. The number of likely N-dealkylation sites (tertiary alicyclic amines) is 1. The number of carbonyl (C=O) groups excluding carboxylic acids is 1. The van der Waals surface area contributed by atoms with E-state index < -0.39 is 0 Å². The van der Waals surface area contributed by atoms with Crippen LogP contribution in [0.4, 0.5) is 0 Å². The van der Waals surface area contributed by atoms with Crippen LogP contribution in [0.1, 0.15) is 23.2 Å². The van der Waals surface area contributed by atoms with E-state index in [4.69, 9.17) is 11.6 Å². The number of halogens is 2. The SMILES string of the molecule is CN(CC1CCCN1C)C(=O)c1ccc(Cl)cc1Br. The zero-order chi connectivity index (χ0) is 14.0. The zero-order valence-electron chi connectivity index (χ0n) is 11.2. The largest absolute Gasteiger partial charge is 0.340 e. The number of benzene rings is 1. The molecule has 1 aromatic carbocycles. The van der Waals surface area contributed by atoms with Crippen molar-refractivity contribution in [1.82, 2.24) is 9.80 Å². The van der Waals surface area contributed by atoms with Gasteiger partial charge in [0.15, 0.2) is 0 Å². The fraction of sp³-hybridized carbons (Fsp3) is 0.500. The number of rotatable bonds is 3. The lowest BCUT2D eigenvalue weighted by Gasteiger charge is -2.26. The molecule has 0 aliphatic carbocycles. The Kier molecular flexibility index (Phi) is 4.87. The van der Waals surface area contributed by atoms with E-state index >= 15 is 0 Å². The molecule has 0 saturated carbocycles. The molecule has 1 fully saturated rings. The van der Waals surface area contributed by atoms with Gasteiger partial charge in [0.1, 0.15) is 0 Å². The first kappa shape index (κ1) is 14.8. The number of likely N-dealkylation sites (N-methyl/N-ethyl adjacent to an activating group) is 2. The average molecular weight is 346 g/mol. The fourth-order valence-corrected chi connectivity index (χ4v) is 3.33. The Labute approximate surface area is 127 Å². The summed E-state index contributed by atoms with van der Waals surface area (Å²) in [5.41, 5.74) is 0.660. The quantitative estimate of drug-likeness (QED) is 0.839. The number of nitrogens with zero attached hydrogens (tertiary/aromatic N) is 2. The first-order valence-corrected chi connectivity index (χ1v) is 7.57. The van der Waals surface area contributed by atoms with Gasteiger partial charge in [-0.15, -0.1) is 0 Å². The molecule has 0 aromatic heterocycles. The molecule has 1 aromatic rings. The molecule has 0 spiro atoms. The molecule has 2 rings (SSSR count). The summed E-state index contributed by atoms with van der Waals surface area (Å²) in [4.78, 5) is 16.5. The van der Waals surface area contributed by atoms with Crippen molar-refractivity contribution in [2.24, 2.45) is 0 Å². The fourth-order valence-electron chi connectivity index (χ4n) is 2.48. The van der Waals surface area contributed by atoms with Crippen LogP contribution in [0, 0.1) is 0 Å². The van der Waals surface area contributed by atoms with Crippen LogP contribution in [0.5, 0.6) is 0 Å². The molecule has 1 amide bonds. The van der Waals surface area contributed by atoms with Gasteiger partial charge in [-0.05, 0) is 60.6 Å². The Hall–Kier alpha value is -0.580. The summed E-state index contributed by atoms with van der Waals surface area (Å²) in [6.07, 6.45) is 2.38. The number of amides is 1. The van der Waals surface area contributed by atoms with Gasteiger partial charge in [-0.25, -0.2) is 0 Å². The molecule has 0 N–H and O–H groups in total. The van der Waals surface area contributed by atoms with Crippen molar-refractivity contribution in [3.63, 3.8) is 0 Å². The molecule has 0 bridgehead atoms. The molecule has 1 saturated heterocycles. The summed E-state index contributed by atoms with van der Waals surface area (Å²) in [5, 5.41) is 0.626. The van der Waals surface area contributed by atoms with E-state index in [1.807, 2.05) is 7.05 Å². The van der Waals surface area contributed by atoms with E-state index in [9.17, 15) is 4.79 Å². The minimum Gasteiger partial charge on any atom is -0.340 e. The zero-order valence-corrected chi connectivity index (χ0v) is 13.5. The minimum atomic E-state index is 0.0313. The van der Waals surface area contributed by atoms with Crippen LogP contribution in [0.2, 0.25) is 5.02 Å². The summed E-state index contributed by atoms with van der Waals surface area (Å²) in [5.74, 6) is 0.0313. The molecular weight excluding hydrogens is 328 g/mol. The number of carbonyl (C=O) groups is 1. The van der Waals surface area contributed by atoms with Gasteiger partial charge in [0.05, 0.1) is 5.56 Å². The second-order valence-corrected chi connectivity index (χ2v) is 6.38. The maximum Gasteiger partial charge on any atom is 0.254 e. The van der Waals surface area contributed by atoms with Gasteiger partial charge >= 0.3 is 0 Å². The number of hydrogen-bond donors (Lipinski definition) is 0. The predicted molar refractivity (Wildman–Crippen MR) is 81.8 cm³/mol. The standard InChI is InChI=1S/C14H18BrClN2O/c1-17-7-3-4-11(17)9-18(2)14(19)12-6-5-10(16)8-13(12)15/h5-6,8,11H,3-4,7,9H2,1-2H3. The van der Waals surface area contributed by atoms with Gasteiger partial charge in [-0.3, -0.25) is 4.79 Å². The smallest absolute Gasteiger partial charge is 0.254 e. The molecule has 1 unspecified atom stereocenters. The molecule has 3 nitrogen and oxygen atoms in total. The lowest BCUT2D eigenvalue weighted by Crippen LogP contribution is -2.39. The van der Waals surface area contributed by atoms with E-state index in [0.717, 1.165) is 24.0 Å². The molecule has 1 heterocycles. The average Bonchev–Trinajstić information content (AvgIpc) is 2.74. The molecule has 1 aliphatic heterocycles. The monoisotopic (exact) mass is 344 g/mol. The normalized spacial score (nSPS) is 19.7. The van der Waals surface area contributed by atoms with Crippen LogP contribution >= 0.6 is 27.5 Å². The van der Waals surface area contributed by atoms with Crippen LogP contribution in [0.3, 0.4) is 0 Å². The van der Waals surface area contributed by atoms with Gasteiger partial charge in [0.2, 0.25) is 0 Å². The molecule has 104 valence electrons. The van der Waals surface area contributed by atoms with Crippen molar-refractivity contribution in [2.75, 3.05) is 27.2 Å². The van der Waals surface area contributed by atoms with Gasteiger partial charge in [0.25, 0.3) is 5.91 Å². The maximum absolute atomic E-state index is 12.4. The van der Waals surface area contributed by atoms with Crippen LogP contribution in [-0.2, 0) is 0 Å². The van der Waals surface area contributed by atoms with Crippen molar-refractivity contribution in [3.05, 3.63) is 33.3 Å². The van der Waals surface area contributed by atoms with Gasteiger partial charge in [0, 0.05) is 29.1 Å². The van der Waals surface area contributed by atoms with Crippen molar-refractivity contribution >= 4 is 33.4 Å². The Bertz CT molecular complexity index is 481. The van der Waals surface area contributed by atoms with Gasteiger partial charge in [-0.1, -0.05) is 11.6 Å². The Morgan fingerprint density at radius 1 is 1.58 bits per heavy atom. The first-order chi connectivity index (χ1) is 8.99. The first-order valence-electron chi connectivity index (χ1n) is 6.40. The molecule has 1 aliphatic rings. The molecule has 5 heteroatoms. The summed E-state index contributed by atoms with van der Waals surface area (Å²) in [6.45, 7) is 1.89. The Morgan fingerprint density at radius 3 is 2.89 bits per heavy atom. The van der Waals surface area contributed by atoms with Gasteiger partial charge in [-0.2, -0.15) is 0 Å². The Morgan fingerprint density at radius 2 is 2.32 bits per heavy atom.